The highest BCUT2D eigenvalue weighted by Gasteiger charge is 2.20. The normalized spacial score (nSPS) is 11.4. The van der Waals surface area contributed by atoms with Gasteiger partial charge in [-0.2, -0.15) is 0 Å². The summed E-state index contributed by atoms with van der Waals surface area (Å²) >= 11 is 1.30. The maximum absolute atomic E-state index is 13.6. The van der Waals surface area contributed by atoms with Gasteiger partial charge in [0.15, 0.2) is 6.10 Å². The fraction of sp³-hybridized carbons (Fsp3) is 0.0952. The maximum atomic E-state index is 13.6. The van der Waals surface area contributed by atoms with Crippen molar-refractivity contribution in [2.24, 2.45) is 0 Å². The van der Waals surface area contributed by atoms with E-state index in [1.54, 1.807) is 17.5 Å². The van der Waals surface area contributed by atoms with Gasteiger partial charge in [-0.05, 0) is 54.8 Å². The van der Waals surface area contributed by atoms with Crippen LogP contribution in [-0.2, 0) is 9.53 Å². The van der Waals surface area contributed by atoms with E-state index in [-0.39, 0.29) is 17.2 Å². The Morgan fingerprint density at radius 1 is 1.00 bits per heavy atom. The minimum atomic E-state index is -1.22. The molecule has 1 aromatic heterocycles. The molecule has 0 saturated carbocycles. The van der Waals surface area contributed by atoms with Crippen molar-refractivity contribution in [3.05, 3.63) is 82.1 Å². The van der Waals surface area contributed by atoms with Crippen molar-refractivity contribution in [2.45, 2.75) is 13.0 Å². The summed E-state index contributed by atoms with van der Waals surface area (Å²) in [4.78, 5) is 36.9. The fourth-order valence-corrected chi connectivity index (χ4v) is 3.02. The smallest absolute Gasteiger partial charge is 0.338 e. The number of amides is 2. The number of benzene rings is 2. The first-order valence-electron chi connectivity index (χ1n) is 8.75. The quantitative estimate of drug-likeness (QED) is 0.566. The summed E-state index contributed by atoms with van der Waals surface area (Å²) < 4.78 is 31.6. The number of hydrogen-bond acceptors (Lipinski definition) is 5. The van der Waals surface area contributed by atoms with Gasteiger partial charge in [-0.3, -0.25) is 9.59 Å². The summed E-state index contributed by atoms with van der Waals surface area (Å²) in [5.74, 6) is -3.53. The topological polar surface area (TPSA) is 84.5 Å². The molecule has 0 saturated heterocycles. The molecule has 1 heterocycles. The van der Waals surface area contributed by atoms with E-state index in [2.05, 4.69) is 10.6 Å². The molecule has 2 aromatic carbocycles. The summed E-state index contributed by atoms with van der Waals surface area (Å²) in [7, 11) is 0. The summed E-state index contributed by atoms with van der Waals surface area (Å²) in [6.07, 6.45) is -1.22. The van der Waals surface area contributed by atoms with E-state index in [1.165, 1.54) is 42.5 Å². The maximum Gasteiger partial charge on any atom is 0.338 e. The predicted octanol–water partition coefficient (Wildman–Crippen LogP) is 4.46. The zero-order valence-corrected chi connectivity index (χ0v) is 16.5. The number of esters is 1. The highest BCUT2D eigenvalue weighted by atomic mass is 32.1. The second-order valence-corrected chi connectivity index (χ2v) is 7.12. The number of carbonyl (C=O) groups is 3. The molecule has 9 heteroatoms. The van der Waals surface area contributed by atoms with Gasteiger partial charge in [-0.25, -0.2) is 13.6 Å². The Morgan fingerprint density at radius 3 is 2.37 bits per heavy atom. The van der Waals surface area contributed by atoms with E-state index in [0.717, 1.165) is 12.1 Å². The lowest BCUT2D eigenvalue weighted by atomic mass is 10.2. The van der Waals surface area contributed by atoms with Crippen molar-refractivity contribution >= 4 is 40.5 Å². The Balaban J connectivity index is 1.56. The molecule has 2 N–H and O–H groups in total. The van der Waals surface area contributed by atoms with Crippen LogP contribution in [-0.4, -0.2) is 23.9 Å². The minimum absolute atomic E-state index is 0.164. The van der Waals surface area contributed by atoms with Gasteiger partial charge in [0, 0.05) is 11.8 Å². The Bertz CT molecular complexity index is 1070. The van der Waals surface area contributed by atoms with Gasteiger partial charge in [-0.15, -0.1) is 11.3 Å². The molecule has 0 fully saturated rings. The van der Waals surface area contributed by atoms with Crippen molar-refractivity contribution in [3.8, 4) is 0 Å². The van der Waals surface area contributed by atoms with Gasteiger partial charge in [0.1, 0.15) is 11.6 Å². The lowest BCUT2D eigenvalue weighted by molar-refractivity contribution is -0.123. The van der Waals surface area contributed by atoms with Gasteiger partial charge in [0.25, 0.3) is 11.8 Å². The van der Waals surface area contributed by atoms with Crippen LogP contribution in [0, 0.1) is 11.6 Å². The van der Waals surface area contributed by atoms with E-state index >= 15 is 0 Å². The number of anilines is 2. The third-order valence-corrected chi connectivity index (χ3v) is 4.83. The second-order valence-electron chi connectivity index (χ2n) is 6.17. The number of carbonyl (C=O) groups excluding carboxylic acids is 3. The molecular weight excluding hydrogens is 414 g/mol. The Labute approximate surface area is 174 Å². The van der Waals surface area contributed by atoms with Gasteiger partial charge >= 0.3 is 5.97 Å². The SMILES string of the molecule is CC(OC(=O)c1ccc(NC(=O)c2cccs2)cc1)C(=O)Nc1ccc(F)cc1F. The molecule has 154 valence electrons. The van der Waals surface area contributed by atoms with Crippen LogP contribution in [0.4, 0.5) is 20.2 Å². The third-order valence-electron chi connectivity index (χ3n) is 3.97. The Morgan fingerprint density at radius 2 is 1.73 bits per heavy atom. The van der Waals surface area contributed by atoms with Crippen LogP contribution >= 0.6 is 11.3 Å². The number of hydrogen-bond donors (Lipinski definition) is 2. The van der Waals surface area contributed by atoms with E-state index < -0.39 is 29.6 Å². The van der Waals surface area contributed by atoms with E-state index in [9.17, 15) is 23.2 Å². The van der Waals surface area contributed by atoms with Gasteiger partial charge in [0.05, 0.1) is 16.1 Å². The summed E-state index contributed by atoms with van der Waals surface area (Å²) in [6.45, 7) is 1.32. The third kappa shape index (κ3) is 5.26. The number of ether oxygens (including phenoxy) is 1. The molecular formula is C21H16F2N2O4S. The lowest BCUT2D eigenvalue weighted by Gasteiger charge is -2.14. The molecule has 0 bridgehead atoms. The van der Waals surface area contributed by atoms with Crippen LogP contribution in [0.5, 0.6) is 0 Å². The fourth-order valence-electron chi connectivity index (χ4n) is 2.40. The van der Waals surface area contributed by atoms with Crippen molar-refractivity contribution in [1.82, 2.24) is 0 Å². The first kappa shape index (κ1) is 21.1. The molecule has 0 spiro atoms. The zero-order valence-electron chi connectivity index (χ0n) is 15.6. The van der Waals surface area contributed by atoms with Crippen molar-refractivity contribution in [2.75, 3.05) is 10.6 Å². The van der Waals surface area contributed by atoms with Gasteiger partial charge in [-0.1, -0.05) is 6.07 Å². The van der Waals surface area contributed by atoms with Gasteiger partial charge in [0.2, 0.25) is 0 Å². The van der Waals surface area contributed by atoms with Crippen molar-refractivity contribution in [1.29, 1.82) is 0 Å². The van der Waals surface area contributed by atoms with Crippen LogP contribution < -0.4 is 10.6 Å². The molecule has 6 nitrogen and oxygen atoms in total. The number of nitrogens with one attached hydrogen (secondary N) is 2. The largest absolute Gasteiger partial charge is 0.449 e. The average molecular weight is 430 g/mol. The van der Waals surface area contributed by atoms with Crippen LogP contribution in [0.2, 0.25) is 0 Å². The molecule has 3 rings (SSSR count). The van der Waals surface area contributed by atoms with E-state index in [1.807, 2.05) is 0 Å². The molecule has 1 atom stereocenters. The Hall–Kier alpha value is -3.59. The minimum Gasteiger partial charge on any atom is -0.449 e. The molecule has 0 aliphatic carbocycles. The highest BCUT2D eigenvalue weighted by molar-refractivity contribution is 7.12. The molecule has 0 aliphatic heterocycles. The van der Waals surface area contributed by atoms with Gasteiger partial charge < -0.3 is 15.4 Å². The molecule has 30 heavy (non-hydrogen) atoms. The Kier molecular flexibility index (Phi) is 6.53. The van der Waals surface area contributed by atoms with E-state index in [4.69, 9.17) is 4.74 Å². The average Bonchev–Trinajstić information content (AvgIpc) is 3.25. The van der Waals surface area contributed by atoms with Crippen molar-refractivity contribution in [3.63, 3.8) is 0 Å². The number of rotatable bonds is 6. The number of thiophene rings is 1. The lowest BCUT2D eigenvalue weighted by Crippen LogP contribution is -2.30. The van der Waals surface area contributed by atoms with Crippen molar-refractivity contribution < 1.29 is 27.9 Å². The summed E-state index contributed by atoms with van der Waals surface area (Å²) in [5, 5.41) is 6.72. The number of halogens is 2. The molecule has 0 aliphatic rings. The predicted molar refractivity (Wildman–Crippen MR) is 109 cm³/mol. The first-order chi connectivity index (χ1) is 14.3. The standard InChI is InChI=1S/C21H16F2N2O4S/c1-12(19(26)25-17-9-6-14(22)11-16(17)23)29-21(28)13-4-7-15(8-5-13)24-20(27)18-3-2-10-30-18/h2-12H,1H3,(H,24,27)(H,25,26). The molecule has 2 amide bonds. The molecule has 0 radical (unpaired) electrons. The second kappa shape index (κ2) is 9.27. The summed E-state index contributed by atoms with van der Waals surface area (Å²) in [5.41, 5.74) is 0.425. The molecule has 1 unspecified atom stereocenters. The van der Waals surface area contributed by atoms with Crippen LogP contribution in [0.25, 0.3) is 0 Å². The monoisotopic (exact) mass is 430 g/mol. The molecule has 3 aromatic rings. The van der Waals surface area contributed by atoms with Crippen LogP contribution in [0.3, 0.4) is 0 Å². The first-order valence-corrected chi connectivity index (χ1v) is 9.63. The van der Waals surface area contributed by atoms with E-state index in [0.29, 0.717) is 16.6 Å². The summed E-state index contributed by atoms with van der Waals surface area (Å²) in [6, 6.07) is 12.1. The highest BCUT2D eigenvalue weighted by Crippen LogP contribution is 2.17. The zero-order chi connectivity index (χ0) is 21.7. The van der Waals surface area contributed by atoms with Crippen LogP contribution in [0.1, 0.15) is 27.0 Å². The van der Waals surface area contributed by atoms with Crippen LogP contribution in [0.15, 0.2) is 60.0 Å².